The monoisotopic (exact) mass is 284 g/mol. The lowest BCUT2D eigenvalue weighted by molar-refractivity contribution is -0.417. The first-order chi connectivity index (χ1) is 8.61. The Morgan fingerprint density at radius 1 is 1.50 bits per heavy atom. The van der Waals surface area contributed by atoms with Gasteiger partial charge in [-0.3, -0.25) is 15.5 Å². The Bertz CT molecular complexity index is 475. The maximum atomic E-state index is 12.2. The largest absolute Gasteiger partial charge is 0.311 e. The molecule has 0 radical (unpaired) electrons. The van der Waals surface area contributed by atoms with Gasteiger partial charge in [-0.05, 0) is 42.4 Å². The number of carbonyl (C=O) groups is 1. The summed E-state index contributed by atoms with van der Waals surface area (Å²) in [5.74, 6) is 0.0977. The van der Waals surface area contributed by atoms with Crippen LogP contribution < -0.4 is 15.6 Å². The zero-order valence-electron chi connectivity index (χ0n) is 10.0. The van der Waals surface area contributed by atoms with Crippen LogP contribution in [-0.4, -0.2) is 29.9 Å². The predicted octanol–water partition coefficient (Wildman–Crippen LogP) is 0.204. The van der Waals surface area contributed by atoms with Gasteiger partial charge in [-0.15, -0.1) is 0 Å². The van der Waals surface area contributed by atoms with Gasteiger partial charge >= 0.3 is 5.17 Å². The van der Waals surface area contributed by atoms with Crippen LogP contribution in [0, 0.1) is 0 Å². The number of amides is 1. The highest BCUT2D eigenvalue weighted by Gasteiger charge is 2.34. The summed E-state index contributed by atoms with van der Waals surface area (Å²) >= 11 is 7.22. The van der Waals surface area contributed by atoms with Gasteiger partial charge in [0.25, 0.3) is 0 Å². The summed E-state index contributed by atoms with van der Waals surface area (Å²) in [7, 11) is 1.75. The van der Waals surface area contributed by atoms with Gasteiger partial charge in [0.15, 0.2) is 0 Å². The number of halogens is 1. The molecule has 6 heteroatoms. The number of hydrogen-bond donors (Lipinski definition) is 2. The Balaban J connectivity index is 2.09. The van der Waals surface area contributed by atoms with E-state index in [4.69, 9.17) is 17.3 Å². The van der Waals surface area contributed by atoms with Gasteiger partial charge in [-0.25, -0.2) is 0 Å². The van der Waals surface area contributed by atoms with Crippen LogP contribution >= 0.6 is 23.4 Å². The molecule has 96 valence electrons. The van der Waals surface area contributed by atoms with Crippen molar-refractivity contribution in [2.75, 3.05) is 18.5 Å². The molecular formula is C12H15ClN3OS+. The fourth-order valence-electron chi connectivity index (χ4n) is 1.85. The van der Waals surface area contributed by atoms with Crippen LogP contribution in [0.15, 0.2) is 24.3 Å². The quantitative estimate of drug-likeness (QED) is 0.603. The molecule has 1 heterocycles. The van der Waals surface area contributed by atoms with Crippen LogP contribution in [0.2, 0.25) is 5.02 Å². The van der Waals surface area contributed by atoms with Crippen molar-refractivity contribution in [2.24, 2.45) is 5.73 Å². The van der Waals surface area contributed by atoms with E-state index in [-0.39, 0.29) is 11.2 Å². The van der Waals surface area contributed by atoms with Crippen molar-refractivity contribution in [1.29, 1.82) is 0 Å². The minimum atomic E-state index is -0.104. The minimum absolute atomic E-state index is 0.0977. The molecule has 1 unspecified atom stereocenters. The van der Waals surface area contributed by atoms with E-state index in [9.17, 15) is 4.79 Å². The van der Waals surface area contributed by atoms with Gasteiger partial charge in [0.1, 0.15) is 0 Å². The maximum absolute atomic E-state index is 12.2. The zero-order valence-corrected chi connectivity index (χ0v) is 11.6. The van der Waals surface area contributed by atoms with E-state index in [0.29, 0.717) is 10.2 Å². The van der Waals surface area contributed by atoms with E-state index in [0.717, 1.165) is 18.7 Å². The lowest BCUT2D eigenvalue weighted by Gasteiger charge is -2.16. The number of hydrogen-bond acceptors (Lipinski definition) is 2. The highest BCUT2D eigenvalue weighted by atomic mass is 35.5. The Hall–Kier alpha value is -1.20. The van der Waals surface area contributed by atoms with Crippen molar-refractivity contribution in [1.82, 2.24) is 0 Å². The highest BCUT2D eigenvalue weighted by molar-refractivity contribution is 8.14. The topological polar surface area (TPSA) is 60.3 Å². The fraction of sp³-hybridized carbons (Fsp3) is 0.333. The van der Waals surface area contributed by atoms with Crippen molar-refractivity contribution in [3.63, 3.8) is 0 Å². The van der Waals surface area contributed by atoms with Gasteiger partial charge in [0, 0.05) is 17.3 Å². The molecule has 1 aliphatic rings. The summed E-state index contributed by atoms with van der Waals surface area (Å²) in [5, 5.41) is 1.14. The van der Waals surface area contributed by atoms with Crippen LogP contribution in [-0.2, 0) is 4.79 Å². The molecule has 1 fully saturated rings. The van der Waals surface area contributed by atoms with E-state index >= 15 is 0 Å². The average molecular weight is 285 g/mol. The summed E-state index contributed by atoms with van der Waals surface area (Å²) in [6, 6.07) is 7.30. The number of amidine groups is 1. The number of carbonyl (C=O) groups excluding carboxylic acids is 1. The number of anilines is 1. The molecule has 1 aromatic carbocycles. The number of nitrogens with one attached hydrogen (secondary N) is 1. The first-order valence-corrected chi connectivity index (χ1v) is 6.91. The molecular weight excluding hydrogens is 270 g/mol. The molecule has 3 N–H and O–H groups in total. The first kappa shape index (κ1) is 13.2. The van der Waals surface area contributed by atoms with Crippen LogP contribution in [0.1, 0.15) is 6.42 Å². The second-order valence-electron chi connectivity index (χ2n) is 3.98. The third-order valence-electron chi connectivity index (χ3n) is 2.81. The molecule has 1 atom stereocenters. The predicted molar refractivity (Wildman–Crippen MR) is 75.9 cm³/mol. The molecule has 0 aliphatic carbocycles. The summed E-state index contributed by atoms with van der Waals surface area (Å²) in [5.41, 5.74) is 6.58. The number of benzene rings is 1. The number of nitrogens with two attached hydrogens (primary N) is 1. The van der Waals surface area contributed by atoms with Gasteiger partial charge in [0.05, 0.1) is 12.3 Å². The lowest BCUT2D eigenvalue weighted by atomic mass is 10.3. The van der Waals surface area contributed by atoms with Crippen LogP contribution in [0.3, 0.4) is 0 Å². The minimum Gasteiger partial charge on any atom is -0.311 e. The smallest absolute Gasteiger partial charge is 0.302 e. The normalized spacial score (nSPS) is 20.6. The SMILES string of the molecule is C[NH+]=C(N)SC1CCN(c2ccc(Cl)cc2)C1=O. The molecule has 1 aromatic rings. The fourth-order valence-corrected chi connectivity index (χ4v) is 2.85. The number of nitrogens with zero attached hydrogens (tertiary/aromatic N) is 1. The van der Waals surface area contributed by atoms with Crippen molar-refractivity contribution >= 4 is 40.1 Å². The van der Waals surface area contributed by atoms with E-state index in [1.165, 1.54) is 11.8 Å². The molecule has 0 bridgehead atoms. The molecule has 0 spiro atoms. The van der Waals surface area contributed by atoms with Gasteiger partial charge in [-0.2, -0.15) is 0 Å². The summed E-state index contributed by atoms with van der Waals surface area (Å²) < 4.78 is 0. The zero-order chi connectivity index (χ0) is 13.1. The Morgan fingerprint density at radius 3 is 2.78 bits per heavy atom. The number of rotatable bonds is 2. The third-order valence-corrected chi connectivity index (χ3v) is 4.24. The van der Waals surface area contributed by atoms with Crippen molar-refractivity contribution < 1.29 is 9.79 Å². The Morgan fingerprint density at radius 2 is 2.17 bits per heavy atom. The molecule has 0 saturated carbocycles. The van der Waals surface area contributed by atoms with Crippen molar-refractivity contribution in [3.05, 3.63) is 29.3 Å². The van der Waals surface area contributed by atoms with Gasteiger partial charge in [0.2, 0.25) is 5.91 Å². The second kappa shape index (κ2) is 5.63. The summed E-state index contributed by atoms with van der Waals surface area (Å²) in [6.07, 6.45) is 0.800. The van der Waals surface area contributed by atoms with Crippen LogP contribution in [0.4, 0.5) is 5.69 Å². The van der Waals surface area contributed by atoms with E-state index in [1.807, 2.05) is 12.1 Å². The molecule has 1 saturated heterocycles. The van der Waals surface area contributed by atoms with Crippen molar-refractivity contribution in [2.45, 2.75) is 11.7 Å². The van der Waals surface area contributed by atoms with E-state index < -0.39 is 0 Å². The highest BCUT2D eigenvalue weighted by Crippen LogP contribution is 2.28. The standard InChI is InChI=1S/C12H14ClN3OS/c1-15-12(14)18-10-6-7-16(11(10)17)9-4-2-8(13)3-5-9/h2-5,10H,6-7H2,1H3,(H2,14,15)/p+1. The first-order valence-electron chi connectivity index (χ1n) is 5.65. The number of thioether (sulfide) groups is 1. The summed E-state index contributed by atoms with van der Waals surface area (Å²) in [6.45, 7) is 0.717. The van der Waals surface area contributed by atoms with Gasteiger partial charge < -0.3 is 4.90 Å². The Labute approximate surface area is 115 Å². The third kappa shape index (κ3) is 2.79. The molecule has 18 heavy (non-hydrogen) atoms. The van der Waals surface area contributed by atoms with Gasteiger partial charge in [-0.1, -0.05) is 11.6 Å². The lowest BCUT2D eigenvalue weighted by Crippen LogP contribution is -2.70. The summed E-state index contributed by atoms with van der Waals surface area (Å²) in [4.78, 5) is 16.8. The van der Waals surface area contributed by atoms with Crippen molar-refractivity contribution in [3.8, 4) is 0 Å². The maximum Gasteiger partial charge on any atom is 0.302 e. The molecule has 2 rings (SSSR count). The van der Waals surface area contributed by atoms with E-state index in [1.54, 1.807) is 24.1 Å². The molecule has 4 nitrogen and oxygen atoms in total. The van der Waals surface area contributed by atoms with Crippen LogP contribution in [0.25, 0.3) is 0 Å². The molecule has 1 amide bonds. The Kier molecular flexibility index (Phi) is 4.14. The van der Waals surface area contributed by atoms with E-state index in [2.05, 4.69) is 4.99 Å². The molecule has 1 aliphatic heterocycles. The second-order valence-corrected chi connectivity index (χ2v) is 5.66. The molecule has 0 aromatic heterocycles. The van der Waals surface area contributed by atoms with Crippen LogP contribution in [0.5, 0.6) is 0 Å². The average Bonchev–Trinajstić information content (AvgIpc) is 2.72.